The first-order valence-corrected chi connectivity index (χ1v) is 10.3. The predicted octanol–water partition coefficient (Wildman–Crippen LogP) is 3.37. The summed E-state index contributed by atoms with van der Waals surface area (Å²) >= 11 is 0. The molecule has 1 unspecified atom stereocenters. The molecule has 0 N–H and O–H groups in total. The van der Waals surface area contributed by atoms with Gasteiger partial charge in [-0.1, -0.05) is 6.07 Å². The molecule has 0 aromatic carbocycles. The number of ether oxygens (including phenoxy) is 1. The van der Waals surface area contributed by atoms with Crippen molar-refractivity contribution in [3.63, 3.8) is 0 Å². The molecule has 0 spiro atoms. The van der Waals surface area contributed by atoms with Crippen LogP contribution < -0.4 is 10.4 Å². The molecule has 6 nitrogen and oxygen atoms in total. The van der Waals surface area contributed by atoms with E-state index in [0.717, 1.165) is 39.4 Å². The van der Waals surface area contributed by atoms with Crippen molar-refractivity contribution < 1.29 is 34.8 Å². The SMILES string of the molecule is F[P-](F)(F)(F)(F)F.O=c1ccccn1OC(N1CCCC1)N1CCOCC1. The maximum atomic E-state index is 11.8. The van der Waals surface area contributed by atoms with E-state index < -0.39 is 7.81 Å². The first-order valence-electron chi connectivity index (χ1n) is 8.27. The van der Waals surface area contributed by atoms with Gasteiger partial charge < -0.3 is 9.57 Å². The van der Waals surface area contributed by atoms with Crippen LogP contribution in [0.2, 0.25) is 0 Å². The number of halogens is 6. The molecule has 27 heavy (non-hydrogen) atoms. The second-order valence-electron chi connectivity index (χ2n) is 6.15. The number of pyridine rings is 1. The number of rotatable bonds is 4. The minimum Gasteiger partial charge on any atom is -0.379 e. The van der Waals surface area contributed by atoms with Gasteiger partial charge in [0.15, 0.2) is 0 Å². The van der Waals surface area contributed by atoms with Gasteiger partial charge in [-0.25, -0.2) is 4.90 Å². The molecule has 13 heteroatoms. The van der Waals surface area contributed by atoms with Gasteiger partial charge >= 0.3 is 33.0 Å². The van der Waals surface area contributed by atoms with Crippen molar-refractivity contribution in [1.29, 1.82) is 0 Å². The summed E-state index contributed by atoms with van der Waals surface area (Å²) in [6.45, 7) is 5.15. The summed E-state index contributed by atoms with van der Waals surface area (Å²) in [6, 6.07) is 5.05. The smallest absolute Gasteiger partial charge is 0.283 e. The fourth-order valence-corrected chi connectivity index (χ4v) is 2.73. The van der Waals surface area contributed by atoms with Gasteiger partial charge in [-0.15, -0.1) is 4.73 Å². The van der Waals surface area contributed by atoms with Crippen LogP contribution >= 0.6 is 7.81 Å². The molecule has 0 amide bonds. The zero-order valence-corrected chi connectivity index (χ0v) is 15.2. The Morgan fingerprint density at radius 1 is 0.926 bits per heavy atom. The number of hydrogen-bond donors (Lipinski definition) is 0. The quantitative estimate of drug-likeness (QED) is 0.548. The molecule has 0 bridgehead atoms. The van der Waals surface area contributed by atoms with E-state index >= 15 is 0 Å². The van der Waals surface area contributed by atoms with Crippen LogP contribution in [0.4, 0.5) is 25.2 Å². The molecule has 2 aliphatic rings. The Kier molecular flexibility index (Phi) is 6.15. The molecule has 3 rings (SSSR count). The van der Waals surface area contributed by atoms with Gasteiger partial charge in [0, 0.05) is 38.4 Å². The van der Waals surface area contributed by atoms with Gasteiger partial charge in [-0.05, 0) is 18.9 Å². The third-order valence-electron chi connectivity index (χ3n) is 3.81. The molecule has 0 radical (unpaired) electrons. The van der Waals surface area contributed by atoms with Crippen molar-refractivity contribution in [3.05, 3.63) is 34.7 Å². The molecule has 158 valence electrons. The Morgan fingerprint density at radius 3 is 1.96 bits per heavy atom. The topological polar surface area (TPSA) is 46.9 Å². The second-order valence-corrected chi connectivity index (χ2v) is 8.06. The molecule has 3 heterocycles. The molecular formula is C14H21F6N3O3P-. The summed E-state index contributed by atoms with van der Waals surface area (Å²) < 4.78 is 65.9. The first kappa shape index (κ1) is 21.9. The summed E-state index contributed by atoms with van der Waals surface area (Å²) in [5.74, 6) is 0. The fraction of sp³-hybridized carbons (Fsp3) is 0.643. The molecule has 1 aromatic rings. The number of aromatic nitrogens is 1. The largest absolute Gasteiger partial charge is 0.379 e. The average molecular weight is 424 g/mol. The van der Waals surface area contributed by atoms with Crippen LogP contribution in [0.1, 0.15) is 12.8 Å². The fourth-order valence-electron chi connectivity index (χ4n) is 2.73. The number of likely N-dealkylation sites (tertiary alicyclic amines) is 1. The Balaban J connectivity index is 0.000000321. The van der Waals surface area contributed by atoms with E-state index in [1.807, 2.05) is 6.07 Å². The van der Waals surface area contributed by atoms with Gasteiger partial charge in [-0.3, -0.25) is 9.69 Å². The van der Waals surface area contributed by atoms with Crippen LogP contribution in [0.3, 0.4) is 0 Å². The molecule has 2 aliphatic heterocycles. The normalized spacial score (nSPS) is 22.9. The molecule has 0 aliphatic carbocycles. The van der Waals surface area contributed by atoms with Crippen molar-refractivity contribution in [2.24, 2.45) is 0 Å². The van der Waals surface area contributed by atoms with Gasteiger partial charge in [0.2, 0.25) is 6.35 Å². The molecular weight excluding hydrogens is 403 g/mol. The van der Waals surface area contributed by atoms with Crippen LogP contribution in [0.5, 0.6) is 0 Å². The molecule has 2 saturated heterocycles. The summed E-state index contributed by atoms with van der Waals surface area (Å²) in [6.07, 6.45) is 3.87. The summed E-state index contributed by atoms with van der Waals surface area (Å²) in [4.78, 5) is 22.3. The molecule has 1 aromatic heterocycles. The maximum Gasteiger partial charge on any atom is 0.283 e. The third-order valence-corrected chi connectivity index (χ3v) is 3.81. The Hall–Kier alpha value is -1.36. The van der Waals surface area contributed by atoms with Crippen molar-refractivity contribution >= 4 is 7.81 Å². The van der Waals surface area contributed by atoms with E-state index in [0.29, 0.717) is 0 Å². The monoisotopic (exact) mass is 424 g/mol. The third kappa shape index (κ3) is 9.41. The van der Waals surface area contributed by atoms with E-state index in [4.69, 9.17) is 9.57 Å². The van der Waals surface area contributed by atoms with E-state index in [-0.39, 0.29) is 11.9 Å². The second kappa shape index (κ2) is 7.57. The predicted molar refractivity (Wildman–Crippen MR) is 87.8 cm³/mol. The number of hydrogen-bond acceptors (Lipinski definition) is 5. The van der Waals surface area contributed by atoms with E-state index in [9.17, 15) is 30.0 Å². The van der Waals surface area contributed by atoms with Gasteiger partial charge in [0.05, 0.1) is 13.2 Å². The van der Waals surface area contributed by atoms with Crippen molar-refractivity contribution in [1.82, 2.24) is 14.5 Å². The zero-order valence-electron chi connectivity index (χ0n) is 14.3. The molecule has 1 atom stereocenters. The van der Waals surface area contributed by atoms with Crippen LogP contribution in [0.15, 0.2) is 29.2 Å². The summed E-state index contributed by atoms with van der Waals surface area (Å²) in [7, 11) is -10.7. The van der Waals surface area contributed by atoms with Crippen molar-refractivity contribution in [2.45, 2.75) is 19.2 Å². The first-order chi connectivity index (χ1) is 12.3. The van der Waals surface area contributed by atoms with E-state index in [1.54, 1.807) is 12.3 Å². The standard InChI is InChI=1S/C14H21N3O3.F6P/c18-13-5-1-2-8-17(13)20-14(15-6-3-4-7-15)16-9-11-19-12-10-16;1-7(2,3,4,5)6/h1-2,5,8,14H,3-4,6-7,9-12H2;/q;-1. The zero-order chi connectivity index (χ0) is 20.2. The minimum atomic E-state index is -10.7. The van der Waals surface area contributed by atoms with Crippen LogP contribution in [-0.4, -0.2) is 60.3 Å². The maximum absolute atomic E-state index is 11.8. The van der Waals surface area contributed by atoms with E-state index in [2.05, 4.69) is 9.80 Å². The van der Waals surface area contributed by atoms with E-state index in [1.165, 1.54) is 23.6 Å². The number of nitrogens with zero attached hydrogens (tertiary/aromatic N) is 3. The van der Waals surface area contributed by atoms with Crippen LogP contribution in [0.25, 0.3) is 0 Å². The Morgan fingerprint density at radius 2 is 1.44 bits per heavy atom. The van der Waals surface area contributed by atoms with Crippen LogP contribution in [-0.2, 0) is 4.74 Å². The average Bonchev–Trinajstić information content (AvgIpc) is 3.06. The number of morpholine rings is 1. The summed E-state index contributed by atoms with van der Waals surface area (Å²) in [5.41, 5.74) is -0.134. The Bertz CT molecular complexity index is 661. The summed E-state index contributed by atoms with van der Waals surface area (Å²) in [5, 5.41) is 0. The van der Waals surface area contributed by atoms with Gasteiger partial charge in [-0.2, -0.15) is 0 Å². The molecule has 2 fully saturated rings. The van der Waals surface area contributed by atoms with Gasteiger partial charge in [0.1, 0.15) is 0 Å². The van der Waals surface area contributed by atoms with Gasteiger partial charge in [0.25, 0.3) is 5.56 Å². The Labute approximate surface area is 151 Å². The van der Waals surface area contributed by atoms with Crippen LogP contribution in [0, 0.1) is 0 Å². The van der Waals surface area contributed by atoms with Crippen molar-refractivity contribution in [2.75, 3.05) is 39.4 Å². The minimum absolute atomic E-state index is 0.134. The molecule has 0 saturated carbocycles. The van der Waals surface area contributed by atoms with Crippen molar-refractivity contribution in [3.8, 4) is 0 Å².